The Balaban J connectivity index is 2.18. The second kappa shape index (κ2) is 6.02. The van der Waals surface area contributed by atoms with Gasteiger partial charge in [0, 0.05) is 0 Å². The minimum Gasteiger partial charge on any atom is -0.321 e. The summed E-state index contributed by atoms with van der Waals surface area (Å²) in [5, 5.41) is 0. The van der Waals surface area contributed by atoms with E-state index in [4.69, 9.17) is 5.73 Å². The molecule has 0 aliphatic heterocycles. The Morgan fingerprint density at radius 2 is 1.82 bits per heavy atom. The summed E-state index contributed by atoms with van der Waals surface area (Å²) < 4.78 is 0. The average molecular weight is 229 g/mol. The first-order valence-corrected chi connectivity index (χ1v) is 6.79. The van der Waals surface area contributed by atoms with E-state index in [1.54, 1.807) is 0 Å². The third-order valence-electron chi connectivity index (χ3n) is 3.75. The van der Waals surface area contributed by atoms with E-state index in [1.807, 2.05) is 0 Å². The lowest BCUT2D eigenvalue weighted by molar-refractivity contribution is 0.602. The van der Waals surface area contributed by atoms with Gasteiger partial charge in [0.15, 0.2) is 0 Å². The van der Waals surface area contributed by atoms with Crippen molar-refractivity contribution in [2.75, 3.05) is 0 Å². The number of benzene rings is 1. The number of hydrogen-bond acceptors (Lipinski definition) is 1. The Morgan fingerprint density at radius 3 is 2.65 bits per heavy atom. The molecule has 0 aromatic heterocycles. The third kappa shape index (κ3) is 3.19. The molecule has 1 atom stereocenters. The van der Waals surface area contributed by atoms with Crippen molar-refractivity contribution in [1.82, 2.24) is 0 Å². The summed E-state index contributed by atoms with van der Waals surface area (Å²) in [5.74, 6) is 0. The van der Waals surface area contributed by atoms with E-state index in [1.165, 1.54) is 55.2 Å². The van der Waals surface area contributed by atoms with Gasteiger partial charge in [0.25, 0.3) is 0 Å². The van der Waals surface area contributed by atoms with Gasteiger partial charge < -0.3 is 5.73 Å². The third-order valence-corrected chi connectivity index (χ3v) is 3.75. The van der Waals surface area contributed by atoms with Crippen LogP contribution in [-0.2, 0) is 0 Å². The van der Waals surface area contributed by atoms with Crippen LogP contribution in [0.5, 0.6) is 0 Å². The minimum absolute atomic E-state index is 0.106. The highest BCUT2D eigenvalue weighted by molar-refractivity contribution is 5.34. The monoisotopic (exact) mass is 229 g/mol. The van der Waals surface area contributed by atoms with Crippen molar-refractivity contribution in [2.45, 2.75) is 51.5 Å². The number of nitrogens with two attached hydrogens (primary N) is 1. The van der Waals surface area contributed by atoms with Gasteiger partial charge in [-0.2, -0.15) is 0 Å². The van der Waals surface area contributed by atoms with E-state index < -0.39 is 0 Å². The Labute approximate surface area is 105 Å². The van der Waals surface area contributed by atoms with Crippen molar-refractivity contribution < 1.29 is 0 Å². The summed E-state index contributed by atoms with van der Waals surface area (Å²) in [6.07, 6.45) is 10.1. The lowest BCUT2D eigenvalue weighted by Gasteiger charge is -2.20. The molecule has 1 aromatic rings. The molecule has 0 saturated carbocycles. The van der Waals surface area contributed by atoms with E-state index in [9.17, 15) is 0 Å². The highest BCUT2D eigenvalue weighted by Gasteiger charge is 2.14. The van der Waals surface area contributed by atoms with Crippen LogP contribution in [-0.4, -0.2) is 0 Å². The average Bonchev–Trinajstić information content (AvgIpc) is 2.28. The maximum atomic E-state index is 6.42. The van der Waals surface area contributed by atoms with Gasteiger partial charge in [0.2, 0.25) is 0 Å². The van der Waals surface area contributed by atoms with Crippen molar-refractivity contribution in [3.63, 3.8) is 0 Å². The molecule has 0 fully saturated rings. The molecule has 2 N–H and O–H groups in total. The van der Waals surface area contributed by atoms with Crippen LogP contribution in [0.3, 0.4) is 0 Å². The smallest absolute Gasteiger partial charge is 0.0513 e. The lowest BCUT2D eigenvalue weighted by atomic mass is 9.90. The molecular weight excluding hydrogens is 206 g/mol. The Hall–Kier alpha value is -1.08. The van der Waals surface area contributed by atoms with Crippen LogP contribution in [0.1, 0.15) is 55.7 Å². The van der Waals surface area contributed by atoms with Crippen LogP contribution in [0.2, 0.25) is 0 Å². The molecule has 92 valence electrons. The van der Waals surface area contributed by atoms with Crippen LogP contribution in [0, 0.1) is 6.92 Å². The van der Waals surface area contributed by atoms with E-state index >= 15 is 0 Å². The van der Waals surface area contributed by atoms with Gasteiger partial charge >= 0.3 is 0 Å². The van der Waals surface area contributed by atoms with Crippen LogP contribution < -0.4 is 5.73 Å². The molecule has 1 aliphatic carbocycles. The van der Waals surface area contributed by atoms with Gasteiger partial charge in [-0.25, -0.2) is 0 Å². The first kappa shape index (κ1) is 12.4. The predicted octanol–water partition coefficient (Wildman–Crippen LogP) is 4.28. The van der Waals surface area contributed by atoms with Crippen LogP contribution in [0.25, 0.3) is 0 Å². The Morgan fingerprint density at radius 1 is 1.06 bits per heavy atom. The van der Waals surface area contributed by atoms with Crippen molar-refractivity contribution in [3.8, 4) is 0 Å². The van der Waals surface area contributed by atoms with Crippen molar-refractivity contribution in [2.24, 2.45) is 5.73 Å². The SMILES string of the molecule is Cc1ccccc1C(N)/C1=C/CCCCCC1. The molecule has 1 heteroatoms. The normalized spacial score (nSPS) is 22.1. The molecule has 17 heavy (non-hydrogen) atoms. The van der Waals surface area contributed by atoms with Crippen molar-refractivity contribution in [3.05, 3.63) is 47.0 Å². The van der Waals surface area contributed by atoms with E-state index in [0.717, 1.165) is 0 Å². The molecule has 0 saturated heterocycles. The van der Waals surface area contributed by atoms with E-state index in [-0.39, 0.29) is 6.04 Å². The lowest BCUT2D eigenvalue weighted by Crippen LogP contribution is -2.15. The van der Waals surface area contributed by atoms with Gasteiger partial charge in [-0.3, -0.25) is 0 Å². The standard InChI is InChI=1S/C16H23N/c1-13-9-7-8-12-15(13)16(17)14-10-5-3-2-4-6-11-14/h7-10,12,16H,2-6,11,17H2,1H3/b14-10+. The fourth-order valence-corrected chi connectivity index (χ4v) is 2.63. The Bertz CT molecular complexity index is 392. The summed E-state index contributed by atoms with van der Waals surface area (Å²) in [6, 6.07) is 8.59. The number of rotatable bonds is 2. The molecular formula is C16H23N. The molecule has 0 heterocycles. The maximum absolute atomic E-state index is 6.42. The highest BCUT2D eigenvalue weighted by atomic mass is 14.6. The fourth-order valence-electron chi connectivity index (χ4n) is 2.63. The number of allylic oxidation sites excluding steroid dienone is 1. The Kier molecular flexibility index (Phi) is 4.38. The first-order valence-electron chi connectivity index (χ1n) is 6.79. The largest absolute Gasteiger partial charge is 0.321 e. The van der Waals surface area contributed by atoms with Gasteiger partial charge in [0.05, 0.1) is 6.04 Å². The molecule has 1 nitrogen and oxygen atoms in total. The molecule has 0 amide bonds. The van der Waals surface area contributed by atoms with Crippen molar-refractivity contribution >= 4 is 0 Å². The van der Waals surface area contributed by atoms with E-state index in [2.05, 4.69) is 37.3 Å². The summed E-state index contributed by atoms with van der Waals surface area (Å²) in [4.78, 5) is 0. The second-order valence-electron chi connectivity index (χ2n) is 5.07. The van der Waals surface area contributed by atoms with Gasteiger partial charge in [-0.05, 0) is 43.7 Å². The topological polar surface area (TPSA) is 26.0 Å². The maximum Gasteiger partial charge on any atom is 0.0513 e. The molecule has 1 unspecified atom stereocenters. The van der Waals surface area contributed by atoms with E-state index in [0.29, 0.717) is 0 Å². The zero-order valence-electron chi connectivity index (χ0n) is 10.8. The van der Waals surface area contributed by atoms with Crippen LogP contribution in [0.4, 0.5) is 0 Å². The highest BCUT2D eigenvalue weighted by Crippen LogP contribution is 2.28. The molecule has 0 radical (unpaired) electrons. The fraction of sp³-hybridized carbons (Fsp3) is 0.500. The van der Waals surface area contributed by atoms with Crippen molar-refractivity contribution in [1.29, 1.82) is 0 Å². The zero-order valence-corrected chi connectivity index (χ0v) is 10.8. The van der Waals surface area contributed by atoms with Crippen LogP contribution >= 0.6 is 0 Å². The summed E-state index contributed by atoms with van der Waals surface area (Å²) >= 11 is 0. The predicted molar refractivity (Wildman–Crippen MR) is 73.9 cm³/mol. The molecule has 0 bridgehead atoms. The van der Waals surface area contributed by atoms with Crippen LogP contribution in [0.15, 0.2) is 35.9 Å². The number of hydrogen-bond donors (Lipinski definition) is 1. The quantitative estimate of drug-likeness (QED) is 0.753. The first-order chi connectivity index (χ1) is 8.29. The molecule has 0 spiro atoms. The minimum atomic E-state index is 0.106. The summed E-state index contributed by atoms with van der Waals surface area (Å²) in [7, 11) is 0. The second-order valence-corrected chi connectivity index (χ2v) is 5.07. The number of aryl methyl sites for hydroxylation is 1. The zero-order chi connectivity index (χ0) is 12.1. The van der Waals surface area contributed by atoms with Gasteiger partial charge in [-0.1, -0.05) is 48.8 Å². The summed E-state index contributed by atoms with van der Waals surface area (Å²) in [6.45, 7) is 2.15. The van der Waals surface area contributed by atoms with Gasteiger partial charge in [0.1, 0.15) is 0 Å². The molecule has 2 rings (SSSR count). The molecule has 1 aromatic carbocycles. The van der Waals surface area contributed by atoms with Gasteiger partial charge in [-0.15, -0.1) is 0 Å². The summed E-state index contributed by atoms with van der Waals surface area (Å²) in [5.41, 5.74) is 10.5. The molecule has 1 aliphatic rings.